The zero-order valence-electron chi connectivity index (χ0n) is 13.5. The van der Waals surface area contributed by atoms with E-state index in [1.54, 1.807) is 28.4 Å². The van der Waals surface area contributed by atoms with Crippen molar-refractivity contribution in [2.45, 2.75) is 24.4 Å². The molecule has 7 heteroatoms. The van der Waals surface area contributed by atoms with Crippen LogP contribution in [0.1, 0.15) is 12.6 Å². The van der Waals surface area contributed by atoms with E-state index >= 15 is 0 Å². The Morgan fingerprint density at radius 3 is 2.92 bits per heavy atom. The standard InChI is InChI=1S/C18H15N3O2S2/c1-2-21-17(22)14-5-3-4-6-15(14)20-18(21)25-11-13-10-24-16(19-13)12-7-8-23-9-12/h3-10H,2,11H2,1H3. The van der Waals surface area contributed by atoms with Gasteiger partial charge < -0.3 is 4.42 Å². The molecule has 0 spiro atoms. The maximum Gasteiger partial charge on any atom is 0.262 e. The topological polar surface area (TPSA) is 60.9 Å². The number of aromatic nitrogens is 3. The minimum absolute atomic E-state index is 0.00737. The molecular weight excluding hydrogens is 354 g/mol. The predicted octanol–water partition coefficient (Wildman–Crippen LogP) is 4.43. The Labute approximate surface area is 152 Å². The summed E-state index contributed by atoms with van der Waals surface area (Å²) in [6, 6.07) is 9.36. The molecule has 0 unspecified atom stereocenters. The molecule has 0 bridgehead atoms. The van der Waals surface area contributed by atoms with Gasteiger partial charge in [0.15, 0.2) is 5.16 Å². The Balaban J connectivity index is 1.62. The molecule has 0 N–H and O–H groups in total. The van der Waals surface area contributed by atoms with Crippen LogP contribution in [0.15, 0.2) is 62.6 Å². The lowest BCUT2D eigenvalue weighted by atomic mass is 10.2. The first-order valence-corrected chi connectivity index (χ1v) is 9.72. The van der Waals surface area contributed by atoms with Crippen LogP contribution in [0.3, 0.4) is 0 Å². The summed E-state index contributed by atoms with van der Waals surface area (Å²) in [5.74, 6) is 0.666. The number of para-hydroxylation sites is 1. The molecular formula is C18H15N3O2S2. The quantitative estimate of drug-likeness (QED) is 0.385. The van der Waals surface area contributed by atoms with E-state index in [0.29, 0.717) is 17.7 Å². The number of hydrogen-bond acceptors (Lipinski definition) is 6. The van der Waals surface area contributed by atoms with Gasteiger partial charge in [0.2, 0.25) is 0 Å². The van der Waals surface area contributed by atoms with Gasteiger partial charge in [0.25, 0.3) is 5.56 Å². The Bertz CT molecular complexity index is 1070. The van der Waals surface area contributed by atoms with Gasteiger partial charge in [-0.3, -0.25) is 9.36 Å². The summed E-state index contributed by atoms with van der Waals surface area (Å²) in [4.78, 5) is 21.9. The molecule has 5 nitrogen and oxygen atoms in total. The third-order valence-corrected chi connectivity index (χ3v) is 5.76. The molecule has 0 fully saturated rings. The Morgan fingerprint density at radius 1 is 1.24 bits per heavy atom. The minimum atomic E-state index is 0.00737. The van der Waals surface area contributed by atoms with E-state index in [2.05, 4.69) is 9.97 Å². The molecule has 0 aliphatic rings. The predicted molar refractivity (Wildman–Crippen MR) is 101 cm³/mol. The van der Waals surface area contributed by atoms with Crippen LogP contribution in [-0.2, 0) is 12.3 Å². The van der Waals surface area contributed by atoms with Crippen molar-refractivity contribution in [1.29, 1.82) is 0 Å². The van der Waals surface area contributed by atoms with E-state index in [1.165, 1.54) is 11.8 Å². The SMILES string of the molecule is CCn1c(SCc2csc(-c3ccoc3)n2)nc2ccccc2c1=O. The van der Waals surface area contributed by atoms with Gasteiger partial charge in [-0.2, -0.15) is 0 Å². The Morgan fingerprint density at radius 2 is 2.12 bits per heavy atom. The van der Waals surface area contributed by atoms with E-state index < -0.39 is 0 Å². The smallest absolute Gasteiger partial charge is 0.262 e. The lowest BCUT2D eigenvalue weighted by Gasteiger charge is -2.10. The number of furan rings is 1. The molecule has 4 aromatic rings. The lowest BCUT2D eigenvalue weighted by molar-refractivity contribution is 0.568. The van der Waals surface area contributed by atoms with Crippen molar-refractivity contribution in [3.8, 4) is 10.6 Å². The molecule has 0 aliphatic carbocycles. The molecule has 0 aliphatic heterocycles. The van der Waals surface area contributed by atoms with Crippen molar-refractivity contribution in [1.82, 2.24) is 14.5 Å². The van der Waals surface area contributed by atoms with Crippen molar-refractivity contribution in [2.75, 3.05) is 0 Å². The van der Waals surface area contributed by atoms with Crippen molar-refractivity contribution < 1.29 is 4.42 Å². The van der Waals surface area contributed by atoms with Crippen molar-refractivity contribution >= 4 is 34.0 Å². The van der Waals surface area contributed by atoms with Gasteiger partial charge in [0.1, 0.15) is 11.3 Å². The third kappa shape index (κ3) is 3.12. The molecule has 126 valence electrons. The highest BCUT2D eigenvalue weighted by Gasteiger charge is 2.12. The first-order chi connectivity index (χ1) is 12.3. The highest BCUT2D eigenvalue weighted by atomic mass is 32.2. The fourth-order valence-electron chi connectivity index (χ4n) is 2.57. The van der Waals surface area contributed by atoms with Gasteiger partial charge >= 0.3 is 0 Å². The van der Waals surface area contributed by atoms with Gasteiger partial charge in [-0.1, -0.05) is 23.9 Å². The zero-order valence-corrected chi connectivity index (χ0v) is 15.1. The molecule has 4 rings (SSSR count). The summed E-state index contributed by atoms with van der Waals surface area (Å²) in [6.07, 6.45) is 3.33. The number of rotatable bonds is 5. The van der Waals surface area contributed by atoms with Crippen LogP contribution >= 0.6 is 23.1 Å². The monoisotopic (exact) mass is 369 g/mol. The van der Waals surface area contributed by atoms with Gasteiger partial charge in [-0.25, -0.2) is 9.97 Å². The highest BCUT2D eigenvalue weighted by Crippen LogP contribution is 2.27. The van der Waals surface area contributed by atoms with Gasteiger partial charge in [0, 0.05) is 23.2 Å². The van der Waals surface area contributed by atoms with Gasteiger partial charge in [-0.05, 0) is 25.1 Å². The van der Waals surface area contributed by atoms with Gasteiger partial charge in [-0.15, -0.1) is 11.3 Å². The fraction of sp³-hybridized carbons (Fsp3) is 0.167. The maximum atomic E-state index is 12.6. The van der Waals surface area contributed by atoms with E-state index in [1.807, 2.05) is 42.6 Å². The normalized spacial score (nSPS) is 11.2. The number of thiazole rings is 1. The third-order valence-electron chi connectivity index (χ3n) is 3.81. The lowest BCUT2D eigenvalue weighted by Crippen LogP contribution is -2.22. The Hall–Kier alpha value is -2.38. The molecule has 0 amide bonds. The van der Waals surface area contributed by atoms with E-state index in [-0.39, 0.29) is 5.56 Å². The van der Waals surface area contributed by atoms with Crippen LogP contribution in [0.25, 0.3) is 21.5 Å². The van der Waals surface area contributed by atoms with Crippen LogP contribution in [-0.4, -0.2) is 14.5 Å². The molecule has 0 atom stereocenters. The van der Waals surface area contributed by atoms with E-state index in [4.69, 9.17) is 4.42 Å². The summed E-state index contributed by atoms with van der Waals surface area (Å²) in [7, 11) is 0. The second kappa shape index (κ2) is 6.85. The van der Waals surface area contributed by atoms with E-state index in [9.17, 15) is 4.79 Å². The number of fused-ring (bicyclic) bond motifs is 1. The molecule has 1 aromatic carbocycles. The molecule has 0 saturated heterocycles. The maximum absolute atomic E-state index is 12.6. The number of hydrogen-bond donors (Lipinski definition) is 0. The van der Waals surface area contributed by atoms with Gasteiger partial charge in [0.05, 0.1) is 22.9 Å². The van der Waals surface area contributed by atoms with E-state index in [0.717, 1.165) is 26.9 Å². The number of thioether (sulfide) groups is 1. The summed E-state index contributed by atoms with van der Waals surface area (Å²) in [5, 5.41) is 4.35. The summed E-state index contributed by atoms with van der Waals surface area (Å²) < 4.78 is 6.82. The molecule has 3 heterocycles. The largest absolute Gasteiger partial charge is 0.472 e. The van der Waals surface area contributed by atoms with Crippen LogP contribution in [0.2, 0.25) is 0 Å². The molecule has 3 aromatic heterocycles. The first-order valence-electron chi connectivity index (χ1n) is 7.85. The molecule has 0 saturated carbocycles. The van der Waals surface area contributed by atoms with Crippen molar-refractivity contribution in [2.24, 2.45) is 0 Å². The first kappa shape index (κ1) is 16.1. The average molecular weight is 369 g/mol. The highest BCUT2D eigenvalue weighted by molar-refractivity contribution is 7.98. The second-order valence-electron chi connectivity index (χ2n) is 5.41. The fourth-order valence-corrected chi connectivity index (χ4v) is 4.43. The summed E-state index contributed by atoms with van der Waals surface area (Å²) >= 11 is 3.12. The second-order valence-corrected chi connectivity index (χ2v) is 7.21. The van der Waals surface area contributed by atoms with Crippen LogP contribution in [0.4, 0.5) is 0 Å². The minimum Gasteiger partial charge on any atom is -0.472 e. The summed E-state index contributed by atoms with van der Waals surface area (Å²) in [5.41, 5.74) is 2.69. The number of nitrogens with zero attached hydrogens (tertiary/aromatic N) is 3. The van der Waals surface area contributed by atoms with Crippen LogP contribution in [0.5, 0.6) is 0 Å². The average Bonchev–Trinajstić information content (AvgIpc) is 3.31. The number of benzene rings is 1. The van der Waals surface area contributed by atoms with Crippen molar-refractivity contribution in [3.05, 3.63) is 64.3 Å². The zero-order chi connectivity index (χ0) is 17.2. The Kier molecular flexibility index (Phi) is 4.42. The van der Waals surface area contributed by atoms with Crippen LogP contribution < -0.4 is 5.56 Å². The van der Waals surface area contributed by atoms with Crippen molar-refractivity contribution in [3.63, 3.8) is 0 Å². The molecule has 25 heavy (non-hydrogen) atoms. The molecule has 0 radical (unpaired) electrons. The van der Waals surface area contributed by atoms with Crippen LogP contribution in [0, 0.1) is 0 Å². The summed E-state index contributed by atoms with van der Waals surface area (Å²) in [6.45, 7) is 2.55.